The summed E-state index contributed by atoms with van der Waals surface area (Å²) < 4.78 is 6.17. The molecule has 3 heteroatoms. The quantitative estimate of drug-likeness (QED) is 0.914. The fraction of sp³-hybridized carbons (Fsp3) is 0.706. The summed E-state index contributed by atoms with van der Waals surface area (Å²) in [5, 5.41) is 3.79. The summed E-state index contributed by atoms with van der Waals surface area (Å²) >= 11 is 0. The zero-order valence-electron chi connectivity index (χ0n) is 12.5. The van der Waals surface area contributed by atoms with Crippen molar-refractivity contribution < 1.29 is 4.74 Å². The minimum Gasteiger partial charge on any atom is -0.375 e. The van der Waals surface area contributed by atoms with E-state index in [1.807, 2.05) is 18.5 Å². The Bertz CT molecular complexity index is 409. The number of rotatable bonds is 3. The minimum atomic E-state index is 0.183. The molecular formula is C17H26N2O. The molecule has 1 unspecified atom stereocenters. The van der Waals surface area contributed by atoms with Crippen molar-refractivity contribution in [2.75, 3.05) is 6.61 Å². The van der Waals surface area contributed by atoms with Gasteiger partial charge in [0.05, 0.1) is 5.60 Å². The van der Waals surface area contributed by atoms with Gasteiger partial charge in [-0.15, -0.1) is 0 Å². The summed E-state index contributed by atoms with van der Waals surface area (Å²) in [5.41, 5.74) is 1.46. The smallest absolute Gasteiger partial charge is 0.0697 e. The van der Waals surface area contributed by atoms with Crippen molar-refractivity contribution in [3.63, 3.8) is 0 Å². The lowest BCUT2D eigenvalue weighted by molar-refractivity contribution is -0.110. The molecule has 1 spiro atoms. The Kier molecular flexibility index (Phi) is 4.37. The van der Waals surface area contributed by atoms with Gasteiger partial charge in [0.25, 0.3) is 0 Å². The number of pyridine rings is 1. The van der Waals surface area contributed by atoms with E-state index < -0.39 is 0 Å². The third-order valence-electron chi connectivity index (χ3n) is 4.93. The Morgan fingerprint density at radius 1 is 1.35 bits per heavy atom. The van der Waals surface area contributed by atoms with Crippen LogP contribution in [0, 0.1) is 0 Å². The van der Waals surface area contributed by atoms with Gasteiger partial charge in [0.1, 0.15) is 0 Å². The second-order valence-electron chi connectivity index (χ2n) is 6.46. The van der Waals surface area contributed by atoms with Crippen LogP contribution >= 0.6 is 0 Å². The lowest BCUT2D eigenvalue weighted by Crippen LogP contribution is -2.48. The van der Waals surface area contributed by atoms with E-state index in [4.69, 9.17) is 4.74 Å². The Morgan fingerprint density at radius 2 is 2.20 bits per heavy atom. The molecule has 2 fully saturated rings. The van der Waals surface area contributed by atoms with Crippen molar-refractivity contribution in [3.8, 4) is 0 Å². The molecule has 2 heterocycles. The van der Waals surface area contributed by atoms with E-state index >= 15 is 0 Å². The second kappa shape index (κ2) is 6.23. The van der Waals surface area contributed by atoms with E-state index in [1.165, 1.54) is 44.1 Å². The highest BCUT2D eigenvalue weighted by Crippen LogP contribution is 2.38. The van der Waals surface area contributed by atoms with Gasteiger partial charge in [-0.05, 0) is 44.2 Å². The van der Waals surface area contributed by atoms with Crippen LogP contribution in [-0.2, 0) is 4.74 Å². The van der Waals surface area contributed by atoms with E-state index in [2.05, 4.69) is 23.3 Å². The average Bonchev–Trinajstić information content (AvgIpc) is 2.49. The monoisotopic (exact) mass is 274 g/mol. The van der Waals surface area contributed by atoms with Gasteiger partial charge in [0.15, 0.2) is 0 Å². The molecule has 3 nitrogen and oxygen atoms in total. The van der Waals surface area contributed by atoms with Gasteiger partial charge in [-0.2, -0.15) is 0 Å². The molecule has 1 aromatic heterocycles. The third-order valence-corrected chi connectivity index (χ3v) is 4.93. The van der Waals surface area contributed by atoms with E-state index in [1.54, 1.807) is 0 Å². The predicted octanol–water partition coefficient (Wildman–Crippen LogP) is 3.61. The molecule has 1 aliphatic carbocycles. The highest BCUT2D eigenvalue weighted by Gasteiger charge is 2.38. The molecule has 0 radical (unpaired) electrons. The van der Waals surface area contributed by atoms with Crippen LogP contribution in [0.1, 0.15) is 63.5 Å². The van der Waals surface area contributed by atoms with Crippen LogP contribution in [0.15, 0.2) is 24.5 Å². The van der Waals surface area contributed by atoms with Gasteiger partial charge in [-0.1, -0.05) is 25.3 Å². The third kappa shape index (κ3) is 3.21. The standard InChI is InChI=1S/C17H26N2O/c1-14(15-6-5-10-18-13-15)19-16-7-11-20-17(12-16)8-3-2-4-9-17/h5-6,10,13-14,16,19H,2-4,7-9,11-12H2,1H3/t14-,16?/m1/s1. The second-order valence-corrected chi connectivity index (χ2v) is 6.46. The van der Waals surface area contributed by atoms with Crippen molar-refractivity contribution in [3.05, 3.63) is 30.1 Å². The molecular weight excluding hydrogens is 248 g/mol. The maximum atomic E-state index is 6.17. The first-order valence-corrected chi connectivity index (χ1v) is 8.07. The topological polar surface area (TPSA) is 34.1 Å². The molecule has 2 aliphatic rings. The van der Waals surface area contributed by atoms with Crippen LogP contribution < -0.4 is 5.32 Å². The molecule has 1 N–H and O–H groups in total. The summed E-state index contributed by atoms with van der Waals surface area (Å²) in [4.78, 5) is 4.22. The molecule has 2 atom stereocenters. The van der Waals surface area contributed by atoms with Gasteiger partial charge in [0.2, 0.25) is 0 Å². The highest BCUT2D eigenvalue weighted by atomic mass is 16.5. The fourth-order valence-corrected chi connectivity index (χ4v) is 3.80. The number of hydrogen-bond donors (Lipinski definition) is 1. The number of nitrogens with zero attached hydrogens (tertiary/aromatic N) is 1. The van der Waals surface area contributed by atoms with Crippen LogP contribution in [0.3, 0.4) is 0 Å². The normalized spacial score (nSPS) is 27.4. The van der Waals surface area contributed by atoms with Gasteiger partial charge in [-0.25, -0.2) is 0 Å². The Hall–Kier alpha value is -0.930. The summed E-state index contributed by atoms with van der Waals surface area (Å²) in [6.07, 6.45) is 12.7. The lowest BCUT2D eigenvalue weighted by atomic mass is 9.78. The fourth-order valence-electron chi connectivity index (χ4n) is 3.80. The molecule has 3 rings (SSSR count). The van der Waals surface area contributed by atoms with Gasteiger partial charge in [0, 0.05) is 31.1 Å². The predicted molar refractivity (Wildman–Crippen MR) is 80.6 cm³/mol. The lowest BCUT2D eigenvalue weighted by Gasteiger charge is -2.44. The van der Waals surface area contributed by atoms with E-state index in [-0.39, 0.29) is 5.60 Å². The zero-order chi connectivity index (χ0) is 13.8. The summed E-state index contributed by atoms with van der Waals surface area (Å²) in [5.74, 6) is 0. The van der Waals surface area contributed by atoms with Gasteiger partial charge in [-0.3, -0.25) is 4.98 Å². The van der Waals surface area contributed by atoms with Crippen LogP contribution in [0.2, 0.25) is 0 Å². The van der Waals surface area contributed by atoms with Crippen molar-refractivity contribution >= 4 is 0 Å². The van der Waals surface area contributed by atoms with Crippen LogP contribution in [0.5, 0.6) is 0 Å². The molecule has 1 aromatic rings. The molecule has 110 valence electrons. The van der Waals surface area contributed by atoms with E-state index in [0.29, 0.717) is 12.1 Å². The average molecular weight is 274 g/mol. The maximum Gasteiger partial charge on any atom is 0.0697 e. The highest BCUT2D eigenvalue weighted by molar-refractivity contribution is 5.13. The molecule has 0 aromatic carbocycles. The summed E-state index contributed by atoms with van der Waals surface area (Å²) in [6, 6.07) is 5.12. The SMILES string of the molecule is C[C@@H](NC1CCOC2(CCCCC2)C1)c1cccnc1. The Labute approximate surface area is 122 Å². The molecule has 1 saturated heterocycles. The number of nitrogens with one attached hydrogen (secondary N) is 1. The molecule has 20 heavy (non-hydrogen) atoms. The molecule has 0 amide bonds. The van der Waals surface area contributed by atoms with E-state index in [9.17, 15) is 0 Å². The van der Waals surface area contributed by atoms with Gasteiger partial charge < -0.3 is 10.1 Å². The van der Waals surface area contributed by atoms with Crippen LogP contribution in [0.25, 0.3) is 0 Å². The van der Waals surface area contributed by atoms with Crippen molar-refractivity contribution in [2.24, 2.45) is 0 Å². The Balaban J connectivity index is 1.60. The van der Waals surface area contributed by atoms with Gasteiger partial charge >= 0.3 is 0 Å². The molecule has 0 bridgehead atoms. The largest absolute Gasteiger partial charge is 0.375 e. The van der Waals surface area contributed by atoms with Crippen molar-refractivity contribution in [2.45, 2.75) is 69.6 Å². The van der Waals surface area contributed by atoms with E-state index in [0.717, 1.165) is 13.0 Å². The first-order valence-electron chi connectivity index (χ1n) is 8.07. The molecule has 1 aliphatic heterocycles. The first kappa shape index (κ1) is 14.0. The number of aromatic nitrogens is 1. The minimum absolute atomic E-state index is 0.183. The van der Waals surface area contributed by atoms with Crippen molar-refractivity contribution in [1.29, 1.82) is 0 Å². The number of hydrogen-bond acceptors (Lipinski definition) is 3. The maximum absolute atomic E-state index is 6.17. The first-order chi connectivity index (χ1) is 9.77. The zero-order valence-corrected chi connectivity index (χ0v) is 12.5. The Morgan fingerprint density at radius 3 is 2.95 bits per heavy atom. The van der Waals surface area contributed by atoms with Crippen LogP contribution in [0.4, 0.5) is 0 Å². The van der Waals surface area contributed by atoms with Crippen molar-refractivity contribution in [1.82, 2.24) is 10.3 Å². The summed E-state index contributed by atoms with van der Waals surface area (Å²) in [6.45, 7) is 3.15. The molecule has 1 saturated carbocycles. The summed E-state index contributed by atoms with van der Waals surface area (Å²) in [7, 11) is 0. The van der Waals surface area contributed by atoms with Crippen LogP contribution in [-0.4, -0.2) is 23.2 Å². The number of ether oxygens (including phenoxy) is 1.